The third kappa shape index (κ3) is 5.13. The molecular weight excluding hydrogens is 436 g/mol. The van der Waals surface area contributed by atoms with Gasteiger partial charge in [0, 0.05) is 56.9 Å². The molecular formula is C28H26N6O. The molecule has 174 valence electrons. The van der Waals surface area contributed by atoms with Gasteiger partial charge in [-0.2, -0.15) is 10.4 Å². The molecule has 1 aliphatic rings. The van der Waals surface area contributed by atoms with Gasteiger partial charge in [-0.25, -0.2) is 4.68 Å². The fourth-order valence-electron chi connectivity index (χ4n) is 4.40. The van der Waals surface area contributed by atoms with Gasteiger partial charge in [-0.3, -0.25) is 14.7 Å². The van der Waals surface area contributed by atoms with E-state index in [1.54, 1.807) is 17.1 Å². The Kier molecular flexibility index (Phi) is 6.64. The molecule has 5 rings (SSSR count). The van der Waals surface area contributed by atoms with Crippen molar-refractivity contribution in [2.75, 3.05) is 26.2 Å². The smallest absolute Gasteiger partial charge is 0.257 e. The van der Waals surface area contributed by atoms with Gasteiger partial charge in [0.15, 0.2) is 0 Å². The lowest BCUT2D eigenvalue weighted by Gasteiger charge is -2.22. The van der Waals surface area contributed by atoms with Crippen molar-refractivity contribution in [1.82, 2.24) is 24.6 Å². The number of nitrogens with zero attached hydrogens (tertiary/aromatic N) is 6. The first kappa shape index (κ1) is 22.5. The highest BCUT2D eigenvalue weighted by Gasteiger charge is 2.25. The molecule has 4 aromatic rings. The van der Waals surface area contributed by atoms with Gasteiger partial charge in [-0.1, -0.05) is 30.3 Å². The third-order valence-corrected chi connectivity index (χ3v) is 6.27. The van der Waals surface area contributed by atoms with E-state index in [1.807, 2.05) is 77.8 Å². The van der Waals surface area contributed by atoms with E-state index in [1.165, 1.54) is 5.56 Å². The normalized spacial score (nSPS) is 14.3. The second-order valence-electron chi connectivity index (χ2n) is 8.64. The van der Waals surface area contributed by atoms with E-state index in [4.69, 9.17) is 10.4 Å². The van der Waals surface area contributed by atoms with E-state index in [9.17, 15) is 4.79 Å². The van der Waals surface area contributed by atoms with E-state index < -0.39 is 0 Å². The molecule has 0 aliphatic carbocycles. The predicted octanol–water partition coefficient (Wildman–Crippen LogP) is 4.15. The summed E-state index contributed by atoms with van der Waals surface area (Å²) in [5, 5.41) is 13.8. The molecule has 0 unspecified atom stereocenters. The summed E-state index contributed by atoms with van der Waals surface area (Å²) < 4.78 is 1.77. The summed E-state index contributed by atoms with van der Waals surface area (Å²) in [6.45, 7) is 3.87. The quantitative estimate of drug-likeness (QED) is 0.445. The minimum Gasteiger partial charge on any atom is -0.337 e. The first-order valence-corrected chi connectivity index (χ1v) is 11.8. The van der Waals surface area contributed by atoms with Crippen molar-refractivity contribution < 1.29 is 4.79 Å². The average Bonchev–Trinajstić information content (AvgIpc) is 3.24. The second kappa shape index (κ2) is 10.3. The van der Waals surface area contributed by atoms with Gasteiger partial charge in [-0.15, -0.1) is 0 Å². The van der Waals surface area contributed by atoms with Crippen LogP contribution in [0, 0.1) is 11.3 Å². The molecule has 0 bridgehead atoms. The van der Waals surface area contributed by atoms with E-state index in [0.29, 0.717) is 29.9 Å². The van der Waals surface area contributed by atoms with Crippen LogP contribution in [0.2, 0.25) is 0 Å². The van der Waals surface area contributed by atoms with Crippen LogP contribution >= 0.6 is 0 Å². The molecule has 1 amide bonds. The minimum absolute atomic E-state index is 0.00810. The Labute approximate surface area is 204 Å². The van der Waals surface area contributed by atoms with Crippen LogP contribution in [0.15, 0.2) is 85.3 Å². The van der Waals surface area contributed by atoms with Crippen LogP contribution in [0.1, 0.15) is 27.9 Å². The summed E-state index contributed by atoms with van der Waals surface area (Å²) in [5.41, 5.74) is 4.80. The molecule has 0 N–H and O–H groups in total. The summed E-state index contributed by atoms with van der Waals surface area (Å²) in [5.74, 6) is -0.00810. The lowest BCUT2D eigenvalue weighted by Crippen LogP contribution is -2.35. The number of para-hydroxylation sites is 1. The standard InChI is InChI=1S/C28H26N6O/c29-18-22-9-11-23(12-10-22)20-32-14-5-15-33(17-16-32)28(35)26-21-34(25-7-2-1-3-8-25)31-27(26)24-6-4-13-30-19-24/h1-4,6-13,19,21H,5,14-17,20H2. The van der Waals surface area contributed by atoms with Gasteiger partial charge in [0.05, 0.1) is 22.9 Å². The van der Waals surface area contributed by atoms with Gasteiger partial charge >= 0.3 is 0 Å². The van der Waals surface area contributed by atoms with Crippen molar-refractivity contribution in [2.24, 2.45) is 0 Å². The van der Waals surface area contributed by atoms with E-state index in [2.05, 4.69) is 16.0 Å². The van der Waals surface area contributed by atoms with Gasteiger partial charge in [-0.05, 0) is 48.4 Å². The van der Waals surface area contributed by atoms with Crippen LogP contribution in [-0.4, -0.2) is 56.7 Å². The van der Waals surface area contributed by atoms with Crippen LogP contribution in [0.5, 0.6) is 0 Å². The highest BCUT2D eigenvalue weighted by molar-refractivity contribution is 6.00. The van der Waals surface area contributed by atoms with E-state index >= 15 is 0 Å². The maximum Gasteiger partial charge on any atom is 0.257 e. The fourth-order valence-corrected chi connectivity index (χ4v) is 4.40. The summed E-state index contributed by atoms with van der Waals surface area (Å²) in [7, 11) is 0. The molecule has 0 saturated carbocycles. The first-order valence-electron chi connectivity index (χ1n) is 11.8. The molecule has 2 aromatic carbocycles. The number of hydrogen-bond acceptors (Lipinski definition) is 5. The van der Waals surface area contributed by atoms with Gasteiger partial charge < -0.3 is 4.90 Å². The Morgan fingerprint density at radius 2 is 1.77 bits per heavy atom. The zero-order valence-corrected chi connectivity index (χ0v) is 19.4. The fraction of sp³-hybridized carbons (Fsp3) is 0.214. The number of amides is 1. The van der Waals surface area contributed by atoms with Crippen molar-refractivity contribution in [3.63, 3.8) is 0 Å². The SMILES string of the molecule is N#Cc1ccc(CN2CCCN(C(=O)c3cn(-c4ccccc4)nc3-c3cccnc3)CC2)cc1. The molecule has 2 aromatic heterocycles. The van der Waals surface area contributed by atoms with E-state index in [-0.39, 0.29) is 5.91 Å². The molecule has 0 atom stereocenters. The highest BCUT2D eigenvalue weighted by atomic mass is 16.2. The average molecular weight is 463 g/mol. The summed E-state index contributed by atoms with van der Waals surface area (Å²) >= 11 is 0. The van der Waals surface area contributed by atoms with Gasteiger partial charge in [0.25, 0.3) is 5.91 Å². The van der Waals surface area contributed by atoms with Crippen LogP contribution < -0.4 is 0 Å². The Balaban J connectivity index is 1.35. The lowest BCUT2D eigenvalue weighted by atomic mass is 10.1. The predicted molar refractivity (Wildman–Crippen MR) is 134 cm³/mol. The first-order chi connectivity index (χ1) is 17.2. The van der Waals surface area contributed by atoms with Crippen LogP contribution in [0.4, 0.5) is 0 Å². The second-order valence-corrected chi connectivity index (χ2v) is 8.64. The third-order valence-electron chi connectivity index (χ3n) is 6.27. The zero-order valence-electron chi connectivity index (χ0n) is 19.4. The van der Waals surface area contributed by atoms with Crippen molar-refractivity contribution in [1.29, 1.82) is 5.26 Å². The van der Waals surface area contributed by atoms with Crippen molar-refractivity contribution in [2.45, 2.75) is 13.0 Å². The molecule has 1 aliphatic heterocycles. The van der Waals surface area contributed by atoms with Crippen LogP contribution in [-0.2, 0) is 6.54 Å². The maximum atomic E-state index is 13.7. The Hall–Kier alpha value is -4.28. The van der Waals surface area contributed by atoms with Gasteiger partial charge in [0.2, 0.25) is 0 Å². The topological polar surface area (TPSA) is 78.0 Å². The molecule has 7 heteroatoms. The number of aromatic nitrogens is 3. The monoisotopic (exact) mass is 462 g/mol. The van der Waals surface area contributed by atoms with E-state index in [0.717, 1.165) is 37.3 Å². The number of nitriles is 1. The molecule has 35 heavy (non-hydrogen) atoms. The number of pyridine rings is 1. The van der Waals surface area contributed by atoms with Crippen molar-refractivity contribution >= 4 is 5.91 Å². The Morgan fingerprint density at radius 1 is 0.943 bits per heavy atom. The molecule has 1 saturated heterocycles. The number of hydrogen-bond donors (Lipinski definition) is 0. The van der Waals surface area contributed by atoms with Gasteiger partial charge in [0.1, 0.15) is 5.69 Å². The summed E-state index contributed by atoms with van der Waals surface area (Å²) in [6.07, 6.45) is 6.20. The summed E-state index contributed by atoms with van der Waals surface area (Å²) in [6, 6.07) is 23.5. The molecule has 3 heterocycles. The number of carbonyl (C=O) groups excluding carboxylic acids is 1. The lowest BCUT2D eigenvalue weighted by molar-refractivity contribution is 0.0762. The number of rotatable bonds is 5. The largest absolute Gasteiger partial charge is 0.337 e. The Morgan fingerprint density at radius 3 is 2.51 bits per heavy atom. The highest BCUT2D eigenvalue weighted by Crippen LogP contribution is 2.25. The van der Waals surface area contributed by atoms with Crippen LogP contribution in [0.3, 0.4) is 0 Å². The molecule has 0 radical (unpaired) electrons. The molecule has 0 spiro atoms. The number of carbonyl (C=O) groups is 1. The van der Waals surface area contributed by atoms with Crippen molar-refractivity contribution in [3.8, 4) is 23.0 Å². The Bertz CT molecular complexity index is 1330. The maximum absolute atomic E-state index is 13.7. The minimum atomic E-state index is -0.00810. The van der Waals surface area contributed by atoms with Crippen molar-refractivity contribution in [3.05, 3.63) is 102 Å². The molecule has 1 fully saturated rings. The van der Waals surface area contributed by atoms with Crippen LogP contribution in [0.25, 0.3) is 16.9 Å². The molecule has 7 nitrogen and oxygen atoms in total. The zero-order chi connectivity index (χ0) is 24.0. The summed E-state index contributed by atoms with van der Waals surface area (Å²) in [4.78, 5) is 22.3. The number of benzene rings is 2.